The number of nitrogens with zero attached hydrogens (tertiary/aromatic N) is 5. The van der Waals surface area contributed by atoms with Gasteiger partial charge in [-0.3, -0.25) is 14.2 Å². The lowest BCUT2D eigenvalue weighted by atomic mass is 9.97. The number of amides is 1. The highest BCUT2D eigenvalue weighted by atomic mass is 35.5. The van der Waals surface area contributed by atoms with Gasteiger partial charge < -0.3 is 10.0 Å². The summed E-state index contributed by atoms with van der Waals surface area (Å²) in [5.74, 6) is 0.116. The first-order valence-electron chi connectivity index (χ1n) is 11.3. The van der Waals surface area contributed by atoms with Crippen molar-refractivity contribution in [1.82, 2.24) is 24.5 Å². The monoisotopic (exact) mass is 475 g/mol. The Morgan fingerprint density at radius 1 is 1.21 bits per heavy atom. The fourth-order valence-corrected chi connectivity index (χ4v) is 5.09. The van der Waals surface area contributed by atoms with Gasteiger partial charge in [-0.15, -0.1) is 0 Å². The van der Waals surface area contributed by atoms with E-state index in [0.717, 1.165) is 51.8 Å². The summed E-state index contributed by atoms with van der Waals surface area (Å²) in [6.45, 7) is 6.96. The molecular weight excluding hydrogens is 450 g/mol. The summed E-state index contributed by atoms with van der Waals surface area (Å²) < 4.78 is 3.91. The lowest BCUT2D eigenvalue weighted by Crippen LogP contribution is -2.38. The highest BCUT2D eigenvalue weighted by Crippen LogP contribution is 2.41. The second kappa shape index (κ2) is 8.65. The van der Waals surface area contributed by atoms with Crippen LogP contribution in [0, 0.1) is 6.92 Å². The summed E-state index contributed by atoms with van der Waals surface area (Å²) in [6, 6.07) is 11.3. The molecule has 0 aliphatic carbocycles. The first kappa shape index (κ1) is 22.2. The molecule has 5 rings (SSSR count). The van der Waals surface area contributed by atoms with Crippen molar-refractivity contribution in [2.45, 2.75) is 25.8 Å². The maximum Gasteiger partial charge on any atom is 0.245 e. The number of phenolic OH excluding ortho intramolecular Hbond substituents is 1. The van der Waals surface area contributed by atoms with Crippen LogP contribution >= 0.6 is 11.6 Å². The van der Waals surface area contributed by atoms with Gasteiger partial charge in [0.1, 0.15) is 11.4 Å². The Hall–Kier alpha value is -3.58. The van der Waals surface area contributed by atoms with Crippen molar-refractivity contribution in [2.75, 3.05) is 13.1 Å². The van der Waals surface area contributed by atoms with Gasteiger partial charge in [-0.05, 0) is 56.2 Å². The fraction of sp³-hybridized carbons (Fsp3) is 0.269. The number of benzene rings is 2. The Bertz CT molecular complexity index is 1410. The van der Waals surface area contributed by atoms with Gasteiger partial charge in [0.2, 0.25) is 5.91 Å². The van der Waals surface area contributed by atoms with Crippen LogP contribution in [-0.4, -0.2) is 48.6 Å². The molecule has 1 fully saturated rings. The van der Waals surface area contributed by atoms with Crippen molar-refractivity contribution < 1.29 is 9.90 Å². The third kappa shape index (κ3) is 3.76. The smallest absolute Gasteiger partial charge is 0.245 e. The maximum absolute atomic E-state index is 12.0. The summed E-state index contributed by atoms with van der Waals surface area (Å²) in [5.41, 5.74) is 5.41. The Kier molecular flexibility index (Phi) is 5.65. The summed E-state index contributed by atoms with van der Waals surface area (Å²) in [7, 11) is 1.92. The lowest BCUT2D eigenvalue weighted by Gasteiger charge is -2.32. The highest BCUT2D eigenvalue weighted by molar-refractivity contribution is 6.33. The van der Waals surface area contributed by atoms with Crippen LogP contribution < -0.4 is 0 Å². The van der Waals surface area contributed by atoms with E-state index < -0.39 is 0 Å². The van der Waals surface area contributed by atoms with Gasteiger partial charge in [0.25, 0.3) is 0 Å². The molecule has 1 N–H and O–H groups in total. The number of aryl methyl sites for hydroxylation is 1. The average molecular weight is 476 g/mol. The van der Waals surface area contributed by atoms with Crippen LogP contribution in [0.5, 0.6) is 5.75 Å². The van der Waals surface area contributed by atoms with E-state index in [-0.39, 0.29) is 17.7 Å². The molecule has 7 nitrogen and oxygen atoms in total. The van der Waals surface area contributed by atoms with E-state index in [2.05, 4.69) is 22.4 Å². The number of hydrogen-bond acceptors (Lipinski definition) is 4. The molecule has 2 aromatic carbocycles. The summed E-state index contributed by atoms with van der Waals surface area (Å²) in [6.07, 6.45) is 4.82. The molecule has 1 saturated heterocycles. The third-order valence-electron chi connectivity index (χ3n) is 6.69. The van der Waals surface area contributed by atoms with Gasteiger partial charge in [-0.1, -0.05) is 24.2 Å². The standard InChI is InChI=1S/C26H26ClN5O2/c1-4-24(34)31-11-9-19(10-12-31)32-16(2)25(21-14-20(33)6-7-22(21)27)26(29-32)17-5-8-23-18(13-17)15-28-30(23)3/h4-8,13-15,19,33H,1,9-12H2,2-3H3. The zero-order chi connectivity index (χ0) is 24.0. The first-order chi connectivity index (χ1) is 16.4. The molecule has 0 unspecified atom stereocenters. The number of rotatable bonds is 4. The summed E-state index contributed by atoms with van der Waals surface area (Å²) in [4.78, 5) is 13.8. The topological polar surface area (TPSA) is 76.2 Å². The van der Waals surface area contributed by atoms with Crippen LogP contribution in [0.1, 0.15) is 24.6 Å². The van der Waals surface area contributed by atoms with Crippen LogP contribution in [0.2, 0.25) is 5.02 Å². The molecule has 2 aromatic heterocycles. The summed E-state index contributed by atoms with van der Waals surface area (Å²) in [5, 5.41) is 21.2. The summed E-state index contributed by atoms with van der Waals surface area (Å²) >= 11 is 6.61. The third-order valence-corrected chi connectivity index (χ3v) is 7.02. The van der Waals surface area contributed by atoms with Crippen molar-refractivity contribution in [3.8, 4) is 28.1 Å². The minimum absolute atomic E-state index is 0.0340. The molecule has 174 valence electrons. The maximum atomic E-state index is 12.0. The van der Waals surface area contributed by atoms with Crippen molar-refractivity contribution in [3.63, 3.8) is 0 Å². The molecule has 0 radical (unpaired) electrons. The van der Waals surface area contributed by atoms with E-state index in [4.69, 9.17) is 16.7 Å². The molecule has 0 bridgehead atoms. The Labute approximate surface area is 202 Å². The highest BCUT2D eigenvalue weighted by Gasteiger charge is 2.28. The van der Waals surface area contributed by atoms with E-state index in [0.29, 0.717) is 18.1 Å². The minimum atomic E-state index is -0.0340. The predicted molar refractivity (Wildman–Crippen MR) is 134 cm³/mol. The second-order valence-corrected chi connectivity index (χ2v) is 9.13. The van der Waals surface area contributed by atoms with Gasteiger partial charge in [0.05, 0.1) is 17.8 Å². The molecule has 1 aliphatic heterocycles. The molecule has 1 aliphatic rings. The van der Waals surface area contributed by atoms with E-state index >= 15 is 0 Å². The Morgan fingerprint density at radius 2 is 1.97 bits per heavy atom. The normalized spacial score (nSPS) is 14.6. The fourth-order valence-electron chi connectivity index (χ4n) is 4.87. The second-order valence-electron chi connectivity index (χ2n) is 8.72. The molecule has 0 saturated carbocycles. The van der Waals surface area contributed by atoms with E-state index in [1.165, 1.54) is 6.08 Å². The van der Waals surface area contributed by atoms with Crippen molar-refractivity contribution in [1.29, 1.82) is 0 Å². The van der Waals surface area contributed by atoms with Crippen LogP contribution in [0.4, 0.5) is 0 Å². The van der Waals surface area contributed by atoms with Gasteiger partial charge in [0, 0.05) is 52.9 Å². The van der Waals surface area contributed by atoms with Gasteiger partial charge >= 0.3 is 0 Å². The predicted octanol–water partition coefficient (Wildman–Crippen LogP) is 5.12. The van der Waals surface area contributed by atoms with Crippen molar-refractivity contribution in [3.05, 3.63) is 66.0 Å². The number of phenols is 1. The SMILES string of the molecule is C=CC(=O)N1CCC(n2nc(-c3ccc4c(cnn4C)c3)c(-c3cc(O)ccc3Cl)c2C)CC1. The number of likely N-dealkylation sites (tertiary alicyclic amines) is 1. The molecule has 0 atom stereocenters. The molecule has 4 aromatic rings. The quantitative estimate of drug-likeness (QED) is 0.415. The molecule has 1 amide bonds. The average Bonchev–Trinajstić information content (AvgIpc) is 3.39. The van der Waals surface area contributed by atoms with Crippen LogP contribution in [-0.2, 0) is 11.8 Å². The Balaban J connectivity index is 1.63. The molecule has 8 heteroatoms. The number of aromatic nitrogens is 4. The number of fused-ring (bicyclic) bond motifs is 1. The number of hydrogen-bond donors (Lipinski definition) is 1. The van der Waals surface area contributed by atoms with E-state index in [1.807, 2.05) is 41.9 Å². The molecule has 0 spiro atoms. The van der Waals surface area contributed by atoms with Gasteiger partial charge in [-0.25, -0.2) is 0 Å². The minimum Gasteiger partial charge on any atom is -0.508 e. The number of aromatic hydroxyl groups is 1. The molecule has 34 heavy (non-hydrogen) atoms. The van der Waals surface area contributed by atoms with Crippen molar-refractivity contribution >= 4 is 28.4 Å². The number of halogens is 1. The van der Waals surface area contributed by atoms with Gasteiger partial charge in [0.15, 0.2) is 0 Å². The largest absolute Gasteiger partial charge is 0.508 e. The molecular formula is C26H26ClN5O2. The number of carbonyl (C=O) groups is 1. The van der Waals surface area contributed by atoms with Crippen LogP contribution in [0.25, 0.3) is 33.3 Å². The van der Waals surface area contributed by atoms with Gasteiger partial charge in [-0.2, -0.15) is 10.2 Å². The first-order valence-corrected chi connectivity index (χ1v) is 11.7. The molecule has 3 heterocycles. The van der Waals surface area contributed by atoms with Crippen LogP contribution in [0.3, 0.4) is 0 Å². The Morgan fingerprint density at radius 3 is 2.71 bits per heavy atom. The van der Waals surface area contributed by atoms with E-state index in [9.17, 15) is 9.90 Å². The van der Waals surface area contributed by atoms with Crippen LogP contribution in [0.15, 0.2) is 55.3 Å². The zero-order valence-corrected chi connectivity index (χ0v) is 20.0. The number of carbonyl (C=O) groups excluding carboxylic acids is 1. The van der Waals surface area contributed by atoms with Crippen molar-refractivity contribution in [2.24, 2.45) is 7.05 Å². The zero-order valence-electron chi connectivity index (χ0n) is 19.2. The lowest BCUT2D eigenvalue weighted by molar-refractivity contribution is -0.127. The number of piperidine rings is 1. The van der Waals surface area contributed by atoms with E-state index in [1.54, 1.807) is 18.2 Å².